The van der Waals surface area contributed by atoms with Crippen molar-refractivity contribution in [1.82, 2.24) is 25.5 Å². The SMILES string of the molecule is CC(C)Cn1nnnc1SCCNC(=O)C1CCCC1. The number of nitrogens with zero attached hydrogens (tertiary/aromatic N) is 4. The molecule has 2 rings (SSSR count). The second-order valence-electron chi connectivity index (χ2n) is 5.66. The molecule has 112 valence electrons. The van der Waals surface area contributed by atoms with Crippen LogP contribution in [0, 0.1) is 11.8 Å². The number of rotatable bonds is 7. The molecule has 1 aliphatic carbocycles. The van der Waals surface area contributed by atoms with Crippen LogP contribution in [0.3, 0.4) is 0 Å². The highest BCUT2D eigenvalue weighted by Gasteiger charge is 2.22. The van der Waals surface area contributed by atoms with Crippen LogP contribution in [0.4, 0.5) is 0 Å². The predicted octanol–water partition coefficient (Wildman–Crippen LogP) is 1.73. The van der Waals surface area contributed by atoms with E-state index in [1.54, 1.807) is 11.8 Å². The molecule has 0 spiro atoms. The van der Waals surface area contributed by atoms with Gasteiger partial charge in [-0.3, -0.25) is 4.79 Å². The molecule has 1 aliphatic rings. The van der Waals surface area contributed by atoms with Gasteiger partial charge in [0.1, 0.15) is 0 Å². The lowest BCUT2D eigenvalue weighted by atomic mass is 10.1. The zero-order valence-corrected chi connectivity index (χ0v) is 13.0. The first kappa shape index (κ1) is 15.3. The fourth-order valence-electron chi connectivity index (χ4n) is 2.41. The molecule has 0 aliphatic heterocycles. The van der Waals surface area contributed by atoms with Crippen LogP contribution in [0.1, 0.15) is 39.5 Å². The number of carbonyl (C=O) groups excluding carboxylic acids is 1. The molecule has 1 aromatic rings. The van der Waals surface area contributed by atoms with Crippen molar-refractivity contribution in [3.05, 3.63) is 0 Å². The standard InChI is InChI=1S/C13H23N5OS/c1-10(2)9-18-13(15-16-17-18)20-8-7-14-12(19)11-5-3-4-6-11/h10-11H,3-9H2,1-2H3,(H,14,19). The van der Waals surface area contributed by atoms with E-state index in [0.29, 0.717) is 12.5 Å². The van der Waals surface area contributed by atoms with Crippen LogP contribution < -0.4 is 5.32 Å². The fraction of sp³-hybridized carbons (Fsp3) is 0.846. The smallest absolute Gasteiger partial charge is 0.223 e. The average Bonchev–Trinajstić information content (AvgIpc) is 3.05. The topological polar surface area (TPSA) is 72.7 Å². The zero-order valence-electron chi connectivity index (χ0n) is 12.2. The number of hydrogen-bond donors (Lipinski definition) is 1. The van der Waals surface area contributed by atoms with Gasteiger partial charge in [-0.1, -0.05) is 38.5 Å². The van der Waals surface area contributed by atoms with Gasteiger partial charge in [0, 0.05) is 24.8 Å². The van der Waals surface area contributed by atoms with E-state index in [4.69, 9.17) is 0 Å². The van der Waals surface area contributed by atoms with E-state index < -0.39 is 0 Å². The van der Waals surface area contributed by atoms with E-state index >= 15 is 0 Å². The van der Waals surface area contributed by atoms with E-state index in [1.807, 2.05) is 4.68 Å². The van der Waals surface area contributed by atoms with Crippen LogP contribution in [-0.2, 0) is 11.3 Å². The summed E-state index contributed by atoms with van der Waals surface area (Å²) in [5.41, 5.74) is 0. The molecular weight excluding hydrogens is 274 g/mol. The van der Waals surface area contributed by atoms with Gasteiger partial charge < -0.3 is 5.32 Å². The minimum absolute atomic E-state index is 0.213. The summed E-state index contributed by atoms with van der Waals surface area (Å²) < 4.78 is 1.83. The summed E-state index contributed by atoms with van der Waals surface area (Å²) in [7, 11) is 0. The minimum Gasteiger partial charge on any atom is -0.355 e. The Labute approximate surface area is 124 Å². The number of carbonyl (C=O) groups is 1. The van der Waals surface area contributed by atoms with Gasteiger partial charge >= 0.3 is 0 Å². The third-order valence-corrected chi connectivity index (χ3v) is 4.35. The molecule has 6 nitrogen and oxygen atoms in total. The van der Waals surface area contributed by atoms with E-state index in [2.05, 4.69) is 34.7 Å². The van der Waals surface area contributed by atoms with Gasteiger partial charge in [-0.05, 0) is 29.2 Å². The Morgan fingerprint density at radius 1 is 1.45 bits per heavy atom. The molecule has 0 aromatic carbocycles. The van der Waals surface area contributed by atoms with Crippen LogP contribution in [0.2, 0.25) is 0 Å². The molecule has 1 saturated carbocycles. The number of tetrazole rings is 1. The third-order valence-electron chi connectivity index (χ3n) is 3.40. The van der Waals surface area contributed by atoms with Crippen molar-refractivity contribution in [2.45, 2.75) is 51.2 Å². The Balaban J connectivity index is 1.68. The van der Waals surface area contributed by atoms with Crippen molar-refractivity contribution < 1.29 is 4.79 Å². The largest absolute Gasteiger partial charge is 0.355 e. The summed E-state index contributed by atoms with van der Waals surface area (Å²) in [6.45, 7) is 5.77. The first-order valence-corrected chi connectivity index (χ1v) is 8.32. The molecule has 1 heterocycles. The molecule has 0 unspecified atom stereocenters. The monoisotopic (exact) mass is 297 g/mol. The Morgan fingerprint density at radius 2 is 2.20 bits per heavy atom. The van der Waals surface area contributed by atoms with Crippen molar-refractivity contribution in [3.63, 3.8) is 0 Å². The average molecular weight is 297 g/mol. The van der Waals surface area contributed by atoms with Gasteiger partial charge in [-0.2, -0.15) is 0 Å². The summed E-state index contributed by atoms with van der Waals surface area (Å²) in [5.74, 6) is 1.77. The Morgan fingerprint density at radius 3 is 2.90 bits per heavy atom. The molecule has 1 fully saturated rings. The normalized spacial score (nSPS) is 15.9. The number of amides is 1. The molecule has 1 amide bonds. The lowest BCUT2D eigenvalue weighted by molar-refractivity contribution is -0.124. The fourth-order valence-corrected chi connectivity index (χ4v) is 3.15. The first-order chi connectivity index (χ1) is 9.66. The Hall–Kier alpha value is -1.11. The maximum absolute atomic E-state index is 11.9. The minimum atomic E-state index is 0.213. The number of thioether (sulfide) groups is 1. The number of nitrogens with one attached hydrogen (secondary N) is 1. The van der Waals surface area contributed by atoms with Gasteiger partial charge in [0.05, 0.1) is 0 Å². The lowest BCUT2D eigenvalue weighted by Crippen LogP contribution is -2.31. The van der Waals surface area contributed by atoms with Crippen LogP contribution in [-0.4, -0.2) is 38.4 Å². The first-order valence-electron chi connectivity index (χ1n) is 7.33. The molecule has 0 bridgehead atoms. The second kappa shape index (κ2) is 7.61. The molecule has 1 aromatic heterocycles. The van der Waals surface area contributed by atoms with E-state index in [1.165, 1.54) is 12.8 Å². The van der Waals surface area contributed by atoms with Gasteiger partial charge in [-0.25, -0.2) is 4.68 Å². The predicted molar refractivity (Wildman–Crippen MR) is 78.3 cm³/mol. The highest BCUT2D eigenvalue weighted by Crippen LogP contribution is 2.24. The van der Waals surface area contributed by atoms with Crippen LogP contribution >= 0.6 is 11.8 Å². The lowest BCUT2D eigenvalue weighted by Gasteiger charge is -2.10. The molecule has 0 saturated heterocycles. The summed E-state index contributed by atoms with van der Waals surface area (Å²) in [6, 6.07) is 0. The highest BCUT2D eigenvalue weighted by atomic mass is 32.2. The molecule has 0 radical (unpaired) electrons. The molecular formula is C13H23N5OS. The molecule has 7 heteroatoms. The maximum Gasteiger partial charge on any atom is 0.223 e. The van der Waals surface area contributed by atoms with E-state index in [0.717, 1.165) is 30.3 Å². The molecule has 0 atom stereocenters. The van der Waals surface area contributed by atoms with Crippen molar-refractivity contribution in [2.24, 2.45) is 11.8 Å². The Kier molecular flexibility index (Phi) is 5.82. The summed E-state index contributed by atoms with van der Waals surface area (Å²) in [6.07, 6.45) is 4.48. The molecule has 1 N–H and O–H groups in total. The summed E-state index contributed by atoms with van der Waals surface area (Å²) in [5, 5.41) is 15.5. The van der Waals surface area contributed by atoms with Gasteiger partial charge in [0.2, 0.25) is 11.1 Å². The zero-order chi connectivity index (χ0) is 14.4. The molecule has 20 heavy (non-hydrogen) atoms. The van der Waals surface area contributed by atoms with Gasteiger partial charge in [0.25, 0.3) is 0 Å². The maximum atomic E-state index is 11.9. The quantitative estimate of drug-likeness (QED) is 0.613. The van der Waals surface area contributed by atoms with Crippen molar-refractivity contribution in [3.8, 4) is 0 Å². The van der Waals surface area contributed by atoms with Crippen LogP contribution in [0.15, 0.2) is 5.16 Å². The van der Waals surface area contributed by atoms with Gasteiger partial charge in [-0.15, -0.1) is 5.10 Å². The van der Waals surface area contributed by atoms with Crippen molar-refractivity contribution >= 4 is 17.7 Å². The van der Waals surface area contributed by atoms with Crippen LogP contribution in [0.25, 0.3) is 0 Å². The Bertz CT molecular complexity index is 428. The summed E-state index contributed by atoms with van der Waals surface area (Å²) in [4.78, 5) is 11.9. The van der Waals surface area contributed by atoms with Crippen LogP contribution in [0.5, 0.6) is 0 Å². The second-order valence-corrected chi connectivity index (χ2v) is 6.72. The third kappa shape index (κ3) is 4.47. The van der Waals surface area contributed by atoms with E-state index in [9.17, 15) is 4.79 Å². The highest BCUT2D eigenvalue weighted by molar-refractivity contribution is 7.99. The number of aromatic nitrogens is 4. The van der Waals surface area contributed by atoms with E-state index in [-0.39, 0.29) is 11.8 Å². The number of hydrogen-bond acceptors (Lipinski definition) is 5. The summed E-state index contributed by atoms with van der Waals surface area (Å²) >= 11 is 1.59. The van der Waals surface area contributed by atoms with Crippen molar-refractivity contribution in [2.75, 3.05) is 12.3 Å². The van der Waals surface area contributed by atoms with Gasteiger partial charge in [0.15, 0.2) is 0 Å². The van der Waals surface area contributed by atoms with Crippen molar-refractivity contribution in [1.29, 1.82) is 0 Å².